The average Bonchev–Trinajstić information content (AvgIpc) is 2.75. The second-order valence-electron chi connectivity index (χ2n) is 3.94. The first kappa shape index (κ1) is 13.1. The third-order valence-electron chi connectivity index (χ3n) is 2.57. The highest BCUT2D eigenvalue weighted by atomic mass is 79.9. The molecule has 0 amide bonds. The molecule has 0 bridgehead atoms. The minimum atomic E-state index is -0.897. The zero-order valence-electron chi connectivity index (χ0n) is 9.76. The number of thiophene rings is 1. The van der Waals surface area contributed by atoms with Crippen LogP contribution in [0.15, 0.2) is 40.2 Å². The highest BCUT2D eigenvalue weighted by Crippen LogP contribution is 2.23. The fourth-order valence-electron chi connectivity index (χ4n) is 1.62. The van der Waals surface area contributed by atoms with Crippen molar-refractivity contribution in [1.82, 2.24) is 0 Å². The van der Waals surface area contributed by atoms with Gasteiger partial charge in [-0.15, -0.1) is 11.3 Å². The molecule has 1 heterocycles. The number of benzene rings is 1. The number of hydrogen-bond acceptors (Lipinski definition) is 3. The average molecular weight is 326 g/mol. The van der Waals surface area contributed by atoms with Crippen molar-refractivity contribution >= 4 is 38.9 Å². The summed E-state index contributed by atoms with van der Waals surface area (Å²) in [6, 6.07) is 8.99. The van der Waals surface area contributed by atoms with Crippen LogP contribution in [0.25, 0.3) is 0 Å². The van der Waals surface area contributed by atoms with Crippen molar-refractivity contribution in [3.05, 3.63) is 50.6 Å². The molecular formula is C13H12BrNO2S. The van der Waals surface area contributed by atoms with Gasteiger partial charge in [0.1, 0.15) is 0 Å². The summed E-state index contributed by atoms with van der Waals surface area (Å²) in [4.78, 5) is 14.1. The zero-order chi connectivity index (χ0) is 13.1. The van der Waals surface area contributed by atoms with Crippen LogP contribution in [0.4, 0.5) is 5.69 Å². The largest absolute Gasteiger partial charge is 0.478 e. The predicted molar refractivity (Wildman–Crippen MR) is 77.5 cm³/mol. The zero-order valence-corrected chi connectivity index (χ0v) is 12.2. The number of carboxylic acids is 1. The van der Waals surface area contributed by atoms with Crippen molar-refractivity contribution in [1.29, 1.82) is 0 Å². The van der Waals surface area contributed by atoms with E-state index >= 15 is 0 Å². The SMILES string of the molecule is CN(Cc1cc(Br)cs1)c1ccc(C(=O)O)cc1. The molecule has 0 aliphatic carbocycles. The van der Waals surface area contributed by atoms with Gasteiger partial charge in [-0.1, -0.05) is 0 Å². The van der Waals surface area contributed by atoms with Crippen molar-refractivity contribution in [3.63, 3.8) is 0 Å². The van der Waals surface area contributed by atoms with Gasteiger partial charge in [0.05, 0.1) is 12.1 Å². The number of halogens is 1. The first-order chi connectivity index (χ1) is 8.56. The second kappa shape index (κ2) is 5.54. The molecule has 0 spiro atoms. The first-order valence-corrected chi connectivity index (χ1v) is 7.01. The van der Waals surface area contributed by atoms with Gasteiger partial charge >= 0.3 is 5.97 Å². The van der Waals surface area contributed by atoms with E-state index in [0.29, 0.717) is 5.56 Å². The molecule has 1 aromatic carbocycles. The normalized spacial score (nSPS) is 10.3. The van der Waals surface area contributed by atoms with Gasteiger partial charge in [-0.2, -0.15) is 0 Å². The highest BCUT2D eigenvalue weighted by Gasteiger charge is 2.06. The van der Waals surface area contributed by atoms with E-state index in [0.717, 1.165) is 16.7 Å². The van der Waals surface area contributed by atoms with Crippen LogP contribution >= 0.6 is 27.3 Å². The van der Waals surface area contributed by atoms with Gasteiger partial charge in [0.25, 0.3) is 0 Å². The molecule has 0 saturated carbocycles. The standard InChI is InChI=1S/C13H12BrNO2S/c1-15(7-12-6-10(14)8-18-12)11-4-2-9(3-5-11)13(16)17/h2-6,8H,7H2,1H3,(H,16,17). The lowest BCUT2D eigenvalue weighted by Gasteiger charge is -2.18. The first-order valence-electron chi connectivity index (χ1n) is 5.33. The molecule has 0 saturated heterocycles. The Morgan fingerprint density at radius 1 is 1.39 bits per heavy atom. The molecule has 18 heavy (non-hydrogen) atoms. The Morgan fingerprint density at radius 2 is 2.06 bits per heavy atom. The monoisotopic (exact) mass is 325 g/mol. The molecule has 2 aromatic rings. The molecule has 5 heteroatoms. The van der Waals surface area contributed by atoms with Gasteiger partial charge in [-0.3, -0.25) is 0 Å². The fourth-order valence-corrected chi connectivity index (χ4v) is 3.12. The molecule has 1 N–H and O–H groups in total. The molecule has 2 rings (SSSR count). The summed E-state index contributed by atoms with van der Waals surface area (Å²) in [6.07, 6.45) is 0. The summed E-state index contributed by atoms with van der Waals surface area (Å²) in [5.74, 6) is -0.897. The van der Waals surface area contributed by atoms with Crippen LogP contribution in [0.5, 0.6) is 0 Å². The van der Waals surface area contributed by atoms with Gasteiger partial charge in [-0.25, -0.2) is 4.79 Å². The Bertz CT molecular complexity index is 550. The van der Waals surface area contributed by atoms with Crippen molar-refractivity contribution in [2.24, 2.45) is 0 Å². The maximum absolute atomic E-state index is 10.8. The second-order valence-corrected chi connectivity index (χ2v) is 5.85. The number of hydrogen-bond donors (Lipinski definition) is 1. The van der Waals surface area contributed by atoms with E-state index in [1.807, 2.05) is 19.2 Å². The Balaban J connectivity index is 2.09. The number of nitrogens with zero attached hydrogens (tertiary/aromatic N) is 1. The van der Waals surface area contributed by atoms with E-state index in [1.54, 1.807) is 23.5 Å². The lowest BCUT2D eigenvalue weighted by molar-refractivity contribution is 0.0697. The molecule has 94 valence electrons. The molecule has 1 aromatic heterocycles. The van der Waals surface area contributed by atoms with Crippen LogP contribution in [-0.4, -0.2) is 18.1 Å². The molecule has 0 atom stereocenters. The predicted octanol–water partition coefficient (Wildman–Crippen LogP) is 3.85. The van der Waals surface area contributed by atoms with Crippen molar-refractivity contribution in [2.75, 3.05) is 11.9 Å². The van der Waals surface area contributed by atoms with Crippen LogP contribution < -0.4 is 4.90 Å². The summed E-state index contributed by atoms with van der Waals surface area (Å²) in [5.41, 5.74) is 1.32. The molecule has 0 fully saturated rings. The van der Waals surface area contributed by atoms with Crippen molar-refractivity contribution < 1.29 is 9.90 Å². The molecule has 0 aliphatic rings. The van der Waals surface area contributed by atoms with Gasteiger partial charge in [0, 0.05) is 27.5 Å². The number of anilines is 1. The summed E-state index contributed by atoms with van der Waals surface area (Å²) in [6.45, 7) is 0.808. The van der Waals surface area contributed by atoms with Crippen molar-refractivity contribution in [2.45, 2.75) is 6.54 Å². The molecular weight excluding hydrogens is 314 g/mol. The molecule has 0 radical (unpaired) electrons. The number of rotatable bonds is 4. The van der Waals surface area contributed by atoms with E-state index in [4.69, 9.17) is 5.11 Å². The molecule has 3 nitrogen and oxygen atoms in total. The van der Waals surface area contributed by atoms with Crippen LogP contribution in [0, 0.1) is 0 Å². The molecule has 0 aliphatic heterocycles. The van der Waals surface area contributed by atoms with Gasteiger partial charge in [-0.05, 0) is 46.3 Å². The Morgan fingerprint density at radius 3 is 2.56 bits per heavy atom. The topological polar surface area (TPSA) is 40.5 Å². The Hall–Kier alpha value is -1.33. The maximum atomic E-state index is 10.8. The summed E-state index contributed by atoms with van der Waals surface area (Å²) in [7, 11) is 1.99. The number of carboxylic acid groups (broad SMARTS) is 1. The van der Waals surface area contributed by atoms with Crippen LogP contribution in [0.3, 0.4) is 0 Å². The van der Waals surface area contributed by atoms with Crippen LogP contribution in [0.2, 0.25) is 0 Å². The lowest BCUT2D eigenvalue weighted by Crippen LogP contribution is -2.15. The lowest BCUT2D eigenvalue weighted by atomic mass is 10.2. The summed E-state index contributed by atoms with van der Waals surface area (Å²) >= 11 is 5.13. The fraction of sp³-hybridized carbons (Fsp3) is 0.154. The van der Waals surface area contributed by atoms with E-state index in [-0.39, 0.29) is 0 Å². The quantitative estimate of drug-likeness (QED) is 0.928. The van der Waals surface area contributed by atoms with Crippen molar-refractivity contribution in [3.8, 4) is 0 Å². The number of carbonyl (C=O) groups is 1. The van der Waals surface area contributed by atoms with E-state index in [2.05, 4.69) is 32.3 Å². The van der Waals surface area contributed by atoms with Gasteiger partial charge < -0.3 is 10.0 Å². The highest BCUT2D eigenvalue weighted by molar-refractivity contribution is 9.10. The smallest absolute Gasteiger partial charge is 0.335 e. The van der Waals surface area contributed by atoms with E-state index in [1.165, 1.54) is 4.88 Å². The molecule has 0 unspecified atom stereocenters. The van der Waals surface area contributed by atoms with Crippen LogP contribution in [0.1, 0.15) is 15.2 Å². The Labute approximate surface area is 118 Å². The minimum absolute atomic E-state index is 0.311. The minimum Gasteiger partial charge on any atom is -0.478 e. The van der Waals surface area contributed by atoms with Crippen LogP contribution in [-0.2, 0) is 6.54 Å². The maximum Gasteiger partial charge on any atom is 0.335 e. The third-order valence-corrected chi connectivity index (χ3v) is 4.25. The van der Waals surface area contributed by atoms with E-state index in [9.17, 15) is 4.79 Å². The van der Waals surface area contributed by atoms with E-state index < -0.39 is 5.97 Å². The third kappa shape index (κ3) is 3.11. The van der Waals surface area contributed by atoms with Gasteiger partial charge in [0.2, 0.25) is 0 Å². The summed E-state index contributed by atoms with van der Waals surface area (Å²) in [5, 5.41) is 10.9. The summed E-state index contributed by atoms with van der Waals surface area (Å²) < 4.78 is 1.09. The Kier molecular flexibility index (Phi) is 4.04. The van der Waals surface area contributed by atoms with Gasteiger partial charge in [0.15, 0.2) is 0 Å². The number of aromatic carboxylic acids is 1.